The van der Waals surface area contributed by atoms with Crippen molar-refractivity contribution in [1.29, 1.82) is 0 Å². The second-order valence-corrected chi connectivity index (χ2v) is 7.36. The third-order valence-electron chi connectivity index (χ3n) is 5.05. The number of carbonyl (C=O) groups is 1. The van der Waals surface area contributed by atoms with Crippen LogP contribution in [0.15, 0.2) is 54.6 Å². The zero-order valence-electron chi connectivity index (χ0n) is 16.5. The van der Waals surface area contributed by atoms with Crippen LogP contribution >= 0.6 is 0 Å². The van der Waals surface area contributed by atoms with E-state index in [-0.39, 0.29) is 12.4 Å². The van der Waals surface area contributed by atoms with Crippen LogP contribution in [0.25, 0.3) is 0 Å². The number of unbranched alkanes of at least 4 members (excludes halogenated alkanes) is 5. The molecule has 0 aliphatic rings. The molecule has 2 rings (SSSR count). The van der Waals surface area contributed by atoms with E-state index in [9.17, 15) is 15.0 Å². The molecule has 0 amide bonds. The molecule has 0 spiro atoms. The van der Waals surface area contributed by atoms with Crippen molar-refractivity contribution in [2.24, 2.45) is 0 Å². The second kappa shape index (κ2) is 12.4. The molecule has 0 aliphatic heterocycles. The van der Waals surface area contributed by atoms with Crippen LogP contribution in [0.1, 0.15) is 66.4 Å². The molecule has 0 aliphatic carbocycles. The van der Waals surface area contributed by atoms with E-state index in [1.807, 2.05) is 30.3 Å². The molecule has 2 atom stereocenters. The Hall–Kier alpha value is -2.01. The fourth-order valence-electron chi connectivity index (χ4n) is 3.29. The molecular formula is C24H32O4. The monoisotopic (exact) mass is 384 g/mol. The van der Waals surface area contributed by atoms with E-state index in [1.54, 1.807) is 24.3 Å². The van der Waals surface area contributed by atoms with Gasteiger partial charge in [-0.3, -0.25) is 4.79 Å². The average Bonchev–Trinajstić information content (AvgIpc) is 2.73. The minimum absolute atomic E-state index is 0.0216. The Kier molecular flexibility index (Phi) is 9.91. The van der Waals surface area contributed by atoms with E-state index in [1.165, 1.54) is 0 Å². The van der Waals surface area contributed by atoms with Crippen molar-refractivity contribution < 1.29 is 20.1 Å². The van der Waals surface area contributed by atoms with Crippen LogP contribution in [0.5, 0.6) is 0 Å². The molecule has 3 N–H and O–H groups in total. The zero-order valence-corrected chi connectivity index (χ0v) is 16.5. The van der Waals surface area contributed by atoms with Gasteiger partial charge in [-0.15, -0.1) is 0 Å². The van der Waals surface area contributed by atoms with E-state index in [4.69, 9.17) is 5.11 Å². The van der Waals surface area contributed by atoms with Crippen molar-refractivity contribution in [2.45, 2.75) is 63.6 Å². The highest BCUT2D eigenvalue weighted by Gasteiger charge is 2.17. The largest absolute Gasteiger partial charge is 0.396 e. The van der Waals surface area contributed by atoms with Crippen molar-refractivity contribution in [3.8, 4) is 0 Å². The highest BCUT2D eigenvalue weighted by molar-refractivity contribution is 6.08. The van der Waals surface area contributed by atoms with Crippen LogP contribution in [0.4, 0.5) is 0 Å². The topological polar surface area (TPSA) is 77.8 Å². The van der Waals surface area contributed by atoms with E-state index < -0.39 is 12.2 Å². The summed E-state index contributed by atoms with van der Waals surface area (Å²) in [6.07, 6.45) is 5.46. The van der Waals surface area contributed by atoms with Crippen LogP contribution in [-0.4, -0.2) is 39.9 Å². The van der Waals surface area contributed by atoms with Gasteiger partial charge in [-0.1, -0.05) is 86.7 Å². The maximum atomic E-state index is 12.4. The lowest BCUT2D eigenvalue weighted by Gasteiger charge is -2.18. The molecule has 0 radical (unpaired) electrons. The van der Waals surface area contributed by atoms with Gasteiger partial charge in [-0.2, -0.15) is 0 Å². The first kappa shape index (κ1) is 22.3. The normalized spacial score (nSPS) is 13.2. The summed E-state index contributed by atoms with van der Waals surface area (Å²) >= 11 is 0. The zero-order chi connectivity index (χ0) is 20.2. The number of hydrogen-bond acceptors (Lipinski definition) is 4. The van der Waals surface area contributed by atoms with Crippen molar-refractivity contribution in [1.82, 2.24) is 0 Å². The lowest BCUT2D eigenvalue weighted by atomic mass is 9.97. The number of aliphatic hydroxyl groups excluding tert-OH is 3. The molecule has 4 nitrogen and oxygen atoms in total. The molecule has 0 saturated heterocycles. The lowest BCUT2D eigenvalue weighted by Crippen LogP contribution is -2.27. The summed E-state index contributed by atoms with van der Waals surface area (Å²) in [5, 5.41) is 29.2. The molecule has 2 aromatic carbocycles. The highest BCUT2D eigenvalue weighted by Crippen LogP contribution is 2.15. The summed E-state index contributed by atoms with van der Waals surface area (Å²) < 4.78 is 0. The summed E-state index contributed by atoms with van der Waals surface area (Å²) in [7, 11) is 0. The molecule has 0 aromatic heterocycles. The van der Waals surface area contributed by atoms with Gasteiger partial charge in [0.25, 0.3) is 0 Å². The summed E-state index contributed by atoms with van der Waals surface area (Å²) in [4.78, 5) is 12.4. The van der Waals surface area contributed by atoms with E-state index >= 15 is 0 Å². The molecule has 2 aromatic rings. The first-order valence-corrected chi connectivity index (χ1v) is 10.3. The van der Waals surface area contributed by atoms with Crippen LogP contribution in [-0.2, 0) is 6.42 Å². The summed E-state index contributed by atoms with van der Waals surface area (Å²) in [6.45, 7) is 0.256. The van der Waals surface area contributed by atoms with Crippen molar-refractivity contribution in [3.63, 3.8) is 0 Å². The van der Waals surface area contributed by atoms with Gasteiger partial charge in [0.2, 0.25) is 0 Å². The van der Waals surface area contributed by atoms with Gasteiger partial charge in [0, 0.05) is 24.2 Å². The summed E-state index contributed by atoms with van der Waals surface area (Å²) in [5.74, 6) is -0.0216. The van der Waals surface area contributed by atoms with Gasteiger partial charge in [0.15, 0.2) is 5.78 Å². The van der Waals surface area contributed by atoms with Crippen molar-refractivity contribution >= 4 is 5.78 Å². The molecule has 4 heteroatoms. The first-order valence-electron chi connectivity index (χ1n) is 10.3. The molecular weight excluding hydrogens is 352 g/mol. The third kappa shape index (κ3) is 7.55. The van der Waals surface area contributed by atoms with Crippen LogP contribution in [0.2, 0.25) is 0 Å². The molecule has 0 bridgehead atoms. The van der Waals surface area contributed by atoms with Gasteiger partial charge in [-0.05, 0) is 18.4 Å². The lowest BCUT2D eigenvalue weighted by molar-refractivity contribution is 0.0137. The van der Waals surface area contributed by atoms with Gasteiger partial charge >= 0.3 is 0 Å². The van der Waals surface area contributed by atoms with Crippen molar-refractivity contribution in [3.05, 3.63) is 71.3 Å². The second-order valence-electron chi connectivity index (χ2n) is 7.36. The van der Waals surface area contributed by atoms with Crippen LogP contribution in [0, 0.1) is 0 Å². The Labute approximate surface area is 167 Å². The van der Waals surface area contributed by atoms with E-state index in [0.717, 1.165) is 44.1 Å². The number of rotatable bonds is 13. The number of ketones is 1. The minimum Gasteiger partial charge on any atom is -0.396 e. The fraction of sp³-hybridized carbons (Fsp3) is 0.458. The maximum Gasteiger partial charge on any atom is 0.193 e. The van der Waals surface area contributed by atoms with Gasteiger partial charge in [-0.25, -0.2) is 0 Å². The molecule has 28 heavy (non-hydrogen) atoms. The Balaban J connectivity index is 1.74. The highest BCUT2D eigenvalue weighted by atomic mass is 16.3. The minimum atomic E-state index is -0.801. The average molecular weight is 385 g/mol. The van der Waals surface area contributed by atoms with Gasteiger partial charge in [0.1, 0.15) is 0 Å². The molecule has 0 saturated carbocycles. The Morgan fingerprint density at radius 3 is 1.93 bits per heavy atom. The first-order chi connectivity index (χ1) is 13.6. The van der Waals surface area contributed by atoms with Gasteiger partial charge < -0.3 is 15.3 Å². The van der Waals surface area contributed by atoms with E-state index in [0.29, 0.717) is 24.0 Å². The SMILES string of the molecule is O=C(c1ccccc1)c1ccc(CC(O)C(O)CCCCCCCCO)cc1. The summed E-state index contributed by atoms with van der Waals surface area (Å²) in [6, 6.07) is 16.4. The predicted octanol–water partition coefficient (Wildman–Crippen LogP) is 3.90. The number of benzene rings is 2. The molecule has 0 heterocycles. The number of aliphatic hydroxyl groups is 3. The molecule has 152 valence electrons. The summed E-state index contributed by atoms with van der Waals surface area (Å²) in [5.41, 5.74) is 2.17. The Bertz CT molecular complexity index is 682. The fourth-order valence-corrected chi connectivity index (χ4v) is 3.29. The quantitative estimate of drug-likeness (QED) is 0.361. The molecule has 0 fully saturated rings. The van der Waals surface area contributed by atoms with Gasteiger partial charge in [0.05, 0.1) is 12.2 Å². The van der Waals surface area contributed by atoms with Crippen molar-refractivity contribution in [2.75, 3.05) is 6.61 Å². The van der Waals surface area contributed by atoms with Crippen LogP contribution in [0.3, 0.4) is 0 Å². The predicted molar refractivity (Wildman–Crippen MR) is 111 cm³/mol. The molecule has 2 unspecified atom stereocenters. The number of hydrogen-bond donors (Lipinski definition) is 3. The van der Waals surface area contributed by atoms with E-state index in [2.05, 4.69) is 0 Å². The smallest absolute Gasteiger partial charge is 0.193 e. The maximum absolute atomic E-state index is 12.4. The Morgan fingerprint density at radius 2 is 1.29 bits per heavy atom. The standard InChI is InChI=1S/C24H32O4/c25-17-9-4-2-1-3-8-12-22(26)23(27)18-19-13-15-21(16-14-19)24(28)20-10-6-5-7-11-20/h5-7,10-11,13-16,22-23,25-27H,1-4,8-9,12,17-18H2. The number of carbonyl (C=O) groups excluding carboxylic acids is 1. The Morgan fingerprint density at radius 1 is 0.714 bits per heavy atom. The van der Waals surface area contributed by atoms with Crippen LogP contribution < -0.4 is 0 Å². The third-order valence-corrected chi connectivity index (χ3v) is 5.05.